The van der Waals surface area contributed by atoms with Crippen LogP contribution in [0.4, 0.5) is 0 Å². The van der Waals surface area contributed by atoms with E-state index in [0.29, 0.717) is 6.42 Å². The van der Waals surface area contributed by atoms with Gasteiger partial charge in [0.2, 0.25) is 5.79 Å². The number of aliphatic hydroxyl groups excluding tert-OH is 5. The van der Waals surface area contributed by atoms with Gasteiger partial charge in [-0.05, 0) is 6.42 Å². The van der Waals surface area contributed by atoms with Crippen molar-refractivity contribution in [2.75, 3.05) is 19.8 Å². The number of carbonyl (C=O) groups is 1. The topological polar surface area (TPSA) is 164 Å². The number of hydrogen-bond donors (Lipinski definition) is 5. The number of aliphatic hydroxyl groups is 5. The summed E-state index contributed by atoms with van der Waals surface area (Å²) in [7, 11) is 0. The molecule has 3 aliphatic rings. The van der Waals surface area contributed by atoms with Gasteiger partial charge in [0.25, 0.3) is 0 Å². The zero-order chi connectivity index (χ0) is 22.6. The molecule has 0 aromatic rings. The van der Waals surface area contributed by atoms with Gasteiger partial charge in [0, 0.05) is 6.42 Å². The lowest BCUT2D eigenvalue weighted by molar-refractivity contribution is -0.396. The van der Waals surface area contributed by atoms with Crippen molar-refractivity contribution in [2.45, 2.75) is 100 Å². The van der Waals surface area contributed by atoms with E-state index in [1.54, 1.807) is 0 Å². The third kappa shape index (κ3) is 5.37. The zero-order valence-electron chi connectivity index (χ0n) is 17.7. The Morgan fingerprint density at radius 2 is 1.77 bits per heavy atom. The molecule has 3 saturated heterocycles. The fraction of sp³-hybridized carbons (Fsp3) is 0.950. The second kappa shape index (κ2) is 10.8. The van der Waals surface area contributed by atoms with E-state index in [1.165, 1.54) is 0 Å². The van der Waals surface area contributed by atoms with Crippen molar-refractivity contribution >= 4 is 5.97 Å². The molecule has 0 aliphatic carbocycles. The normalized spacial score (nSPS) is 42.1. The van der Waals surface area contributed by atoms with Gasteiger partial charge in [-0.15, -0.1) is 0 Å². The van der Waals surface area contributed by atoms with Crippen LogP contribution in [0.2, 0.25) is 0 Å². The Bertz CT molecular complexity index is 589. The van der Waals surface area contributed by atoms with E-state index in [0.717, 1.165) is 25.7 Å². The average molecular weight is 450 g/mol. The molecule has 3 fully saturated rings. The van der Waals surface area contributed by atoms with Crippen LogP contribution in [0.15, 0.2) is 0 Å². The number of esters is 1. The summed E-state index contributed by atoms with van der Waals surface area (Å²) < 4.78 is 27.3. The Balaban J connectivity index is 1.54. The SMILES string of the molecule is CCCCCCCC(=O)OC[C@H]1O[C@H](O[C@]2(CO)O[C@@H]3CO[C@H]2[C@@H]3O)[C@H](O)[C@@H](O)[C@@H]1O. The highest BCUT2D eigenvalue weighted by Crippen LogP contribution is 2.41. The first-order valence-electron chi connectivity index (χ1n) is 10.9. The molecular formula is C20H34O11. The quantitative estimate of drug-likeness (QED) is 0.185. The van der Waals surface area contributed by atoms with E-state index >= 15 is 0 Å². The Hall–Kier alpha value is -0.890. The molecule has 9 atom stereocenters. The summed E-state index contributed by atoms with van der Waals surface area (Å²) in [5.74, 6) is -2.25. The summed E-state index contributed by atoms with van der Waals surface area (Å²) in [6.07, 6.45) is -5.19. The van der Waals surface area contributed by atoms with Crippen molar-refractivity contribution in [2.24, 2.45) is 0 Å². The summed E-state index contributed by atoms with van der Waals surface area (Å²) in [6, 6.07) is 0. The zero-order valence-corrected chi connectivity index (χ0v) is 17.7. The van der Waals surface area contributed by atoms with Crippen LogP contribution in [0.5, 0.6) is 0 Å². The first kappa shape index (κ1) is 24.7. The molecule has 3 rings (SSSR count). The van der Waals surface area contributed by atoms with Gasteiger partial charge in [-0.1, -0.05) is 32.6 Å². The Kier molecular flexibility index (Phi) is 8.64. The Labute approximate surface area is 180 Å². The van der Waals surface area contributed by atoms with Gasteiger partial charge in [-0.3, -0.25) is 4.79 Å². The second-order valence-corrected chi connectivity index (χ2v) is 8.35. The van der Waals surface area contributed by atoms with Crippen molar-refractivity contribution in [3.63, 3.8) is 0 Å². The van der Waals surface area contributed by atoms with E-state index in [9.17, 15) is 30.3 Å². The second-order valence-electron chi connectivity index (χ2n) is 8.35. The number of unbranched alkanes of at least 4 members (excludes halogenated alkanes) is 4. The number of carbonyl (C=O) groups excluding carboxylic acids is 1. The number of fused-ring (bicyclic) bond motifs is 2. The van der Waals surface area contributed by atoms with Crippen LogP contribution in [0, 0.1) is 0 Å². The molecule has 11 heteroatoms. The summed E-state index contributed by atoms with van der Waals surface area (Å²) in [4.78, 5) is 12.0. The third-order valence-electron chi connectivity index (χ3n) is 6.01. The van der Waals surface area contributed by atoms with Gasteiger partial charge in [0.05, 0.1) is 6.61 Å². The van der Waals surface area contributed by atoms with Crippen molar-refractivity contribution in [3.8, 4) is 0 Å². The van der Waals surface area contributed by atoms with Crippen molar-refractivity contribution in [1.82, 2.24) is 0 Å². The molecule has 0 saturated carbocycles. The molecule has 3 aliphatic heterocycles. The molecular weight excluding hydrogens is 416 g/mol. The molecule has 3 heterocycles. The summed E-state index contributed by atoms with van der Waals surface area (Å²) in [6.45, 7) is 1.18. The van der Waals surface area contributed by atoms with Gasteiger partial charge >= 0.3 is 5.97 Å². The monoisotopic (exact) mass is 450 g/mol. The highest BCUT2D eigenvalue weighted by Gasteiger charge is 2.63. The molecule has 0 radical (unpaired) electrons. The largest absolute Gasteiger partial charge is 0.463 e. The van der Waals surface area contributed by atoms with Crippen LogP contribution in [-0.4, -0.2) is 106 Å². The molecule has 0 amide bonds. The third-order valence-corrected chi connectivity index (χ3v) is 6.01. The van der Waals surface area contributed by atoms with Gasteiger partial charge in [-0.2, -0.15) is 0 Å². The first-order chi connectivity index (χ1) is 14.8. The predicted octanol–water partition coefficient (Wildman–Crippen LogP) is -1.44. The van der Waals surface area contributed by atoms with Crippen LogP contribution in [0.1, 0.15) is 45.4 Å². The Morgan fingerprint density at radius 3 is 2.39 bits per heavy atom. The predicted molar refractivity (Wildman–Crippen MR) is 103 cm³/mol. The summed E-state index contributed by atoms with van der Waals surface area (Å²) in [5, 5.41) is 50.6. The highest BCUT2D eigenvalue weighted by molar-refractivity contribution is 5.69. The van der Waals surface area contributed by atoms with Gasteiger partial charge < -0.3 is 49.2 Å². The standard InChI is InChI=1S/C20H34O11/c1-2-3-4-5-6-7-13(22)27-8-11-14(23)16(25)17(26)19(29-11)31-20(10-21)18-15(24)12(30-20)9-28-18/h11-12,14-19,21,23-26H,2-10H2,1H3/t11-,12-,14-,15-,16+,17-,18+,19-,20+/m1/s1. The smallest absolute Gasteiger partial charge is 0.305 e. The minimum atomic E-state index is -1.80. The molecule has 2 bridgehead atoms. The van der Waals surface area contributed by atoms with E-state index < -0.39 is 67.4 Å². The van der Waals surface area contributed by atoms with Crippen LogP contribution < -0.4 is 0 Å². The van der Waals surface area contributed by atoms with E-state index in [-0.39, 0.29) is 19.6 Å². The minimum absolute atomic E-state index is 0.128. The van der Waals surface area contributed by atoms with Crippen LogP contribution in [0.25, 0.3) is 0 Å². The van der Waals surface area contributed by atoms with E-state index in [1.807, 2.05) is 0 Å². The fourth-order valence-electron chi connectivity index (χ4n) is 4.13. The van der Waals surface area contributed by atoms with Crippen LogP contribution in [0.3, 0.4) is 0 Å². The molecule has 0 aromatic carbocycles. The maximum Gasteiger partial charge on any atom is 0.305 e. The molecule has 180 valence electrons. The molecule has 0 aromatic heterocycles. The molecule has 5 N–H and O–H groups in total. The van der Waals surface area contributed by atoms with Gasteiger partial charge in [0.1, 0.15) is 55.9 Å². The minimum Gasteiger partial charge on any atom is -0.463 e. The lowest BCUT2D eigenvalue weighted by atomic mass is 9.99. The lowest BCUT2D eigenvalue weighted by Gasteiger charge is -2.44. The van der Waals surface area contributed by atoms with Crippen LogP contribution in [-0.2, 0) is 28.5 Å². The van der Waals surface area contributed by atoms with Crippen LogP contribution >= 0.6 is 0 Å². The van der Waals surface area contributed by atoms with Gasteiger partial charge in [0.15, 0.2) is 6.29 Å². The maximum atomic E-state index is 12.0. The maximum absolute atomic E-state index is 12.0. The fourth-order valence-corrected chi connectivity index (χ4v) is 4.13. The highest BCUT2D eigenvalue weighted by atomic mass is 16.8. The van der Waals surface area contributed by atoms with E-state index in [2.05, 4.69) is 6.92 Å². The van der Waals surface area contributed by atoms with Gasteiger partial charge in [-0.25, -0.2) is 0 Å². The van der Waals surface area contributed by atoms with Crippen molar-refractivity contribution in [3.05, 3.63) is 0 Å². The number of hydrogen-bond acceptors (Lipinski definition) is 11. The summed E-state index contributed by atoms with van der Waals surface area (Å²) in [5.41, 5.74) is 0. The number of rotatable bonds is 11. The molecule has 0 unspecified atom stereocenters. The summed E-state index contributed by atoms with van der Waals surface area (Å²) >= 11 is 0. The molecule has 0 spiro atoms. The first-order valence-corrected chi connectivity index (χ1v) is 10.9. The van der Waals surface area contributed by atoms with Crippen molar-refractivity contribution in [1.29, 1.82) is 0 Å². The number of ether oxygens (including phenoxy) is 5. The average Bonchev–Trinajstić information content (AvgIpc) is 3.25. The lowest BCUT2D eigenvalue weighted by Crippen LogP contribution is -2.63. The van der Waals surface area contributed by atoms with E-state index in [4.69, 9.17) is 23.7 Å². The molecule has 11 nitrogen and oxygen atoms in total. The Morgan fingerprint density at radius 1 is 1.03 bits per heavy atom. The molecule has 31 heavy (non-hydrogen) atoms. The van der Waals surface area contributed by atoms with Crippen molar-refractivity contribution < 1.29 is 54.0 Å².